The number of nitro groups is 1. The Hall–Kier alpha value is 0.320. The number of hydrogen-bond donors (Lipinski definition) is 0. The molecule has 0 saturated carbocycles. The van der Waals surface area contributed by atoms with E-state index in [9.17, 15) is 18.5 Å². The molecule has 0 saturated heterocycles. The first-order valence-electron chi connectivity index (χ1n) is 3.31. The molecule has 0 N–H and O–H groups in total. The second kappa shape index (κ2) is 4.67. The Morgan fingerprint density at radius 2 is 1.87 bits per heavy atom. The molecule has 5 nitrogen and oxygen atoms in total. The fourth-order valence-corrected chi connectivity index (χ4v) is 2.93. The van der Waals surface area contributed by atoms with Gasteiger partial charge in [-0.3, -0.25) is 10.1 Å². The fourth-order valence-electron chi connectivity index (χ4n) is 0.824. The van der Waals surface area contributed by atoms with Crippen LogP contribution in [-0.2, 0) is 9.05 Å². The standard InChI is InChI=1S/C6H2ClI2NO4S/c7-15(13,14)3-1-4(8)6(9)5(2-3)10(11)12/h1-2H. The lowest BCUT2D eigenvalue weighted by Gasteiger charge is -2.01. The largest absolute Gasteiger partial charge is 0.285 e. The summed E-state index contributed by atoms with van der Waals surface area (Å²) in [5, 5.41) is 10.6. The SMILES string of the molecule is O=[N+]([O-])c1cc(S(=O)(=O)Cl)cc(I)c1I. The van der Waals surface area contributed by atoms with Crippen LogP contribution in [0.25, 0.3) is 0 Å². The monoisotopic (exact) mass is 473 g/mol. The van der Waals surface area contributed by atoms with Crippen molar-refractivity contribution in [1.29, 1.82) is 0 Å². The van der Waals surface area contributed by atoms with Gasteiger partial charge in [0.15, 0.2) is 0 Å². The highest BCUT2D eigenvalue weighted by atomic mass is 127. The average Bonchev–Trinajstić information content (AvgIpc) is 2.06. The number of hydrogen-bond acceptors (Lipinski definition) is 4. The van der Waals surface area contributed by atoms with Gasteiger partial charge in [-0.15, -0.1) is 0 Å². The Morgan fingerprint density at radius 1 is 1.33 bits per heavy atom. The molecule has 1 rings (SSSR count). The van der Waals surface area contributed by atoms with E-state index in [1.54, 1.807) is 22.6 Å². The van der Waals surface area contributed by atoms with E-state index in [-0.39, 0.29) is 10.6 Å². The third kappa shape index (κ3) is 3.14. The highest BCUT2D eigenvalue weighted by Gasteiger charge is 2.21. The van der Waals surface area contributed by atoms with Crippen LogP contribution in [-0.4, -0.2) is 13.3 Å². The molecule has 9 heteroatoms. The van der Waals surface area contributed by atoms with E-state index in [0.717, 1.165) is 6.07 Å². The molecule has 0 aliphatic rings. The summed E-state index contributed by atoms with van der Waals surface area (Å²) in [6, 6.07) is 2.24. The van der Waals surface area contributed by atoms with E-state index in [2.05, 4.69) is 0 Å². The molecule has 0 spiro atoms. The molecule has 15 heavy (non-hydrogen) atoms. The van der Waals surface area contributed by atoms with Crippen molar-refractivity contribution in [3.8, 4) is 0 Å². The molecule has 0 fully saturated rings. The van der Waals surface area contributed by atoms with Crippen molar-refractivity contribution in [2.75, 3.05) is 0 Å². The summed E-state index contributed by atoms with van der Waals surface area (Å²) in [6.07, 6.45) is 0. The minimum atomic E-state index is -3.94. The minimum absolute atomic E-state index is 0.262. The molecule has 1 aromatic rings. The van der Waals surface area contributed by atoms with Gasteiger partial charge in [-0.1, -0.05) is 0 Å². The maximum Gasteiger partial charge on any atom is 0.285 e. The molecule has 0 radical (unpaired) electrons. The normalized spacial score (nSPS) is 11.4. The van der Waals surface area contributed by atoms with Gasteiger partial charge in [-0.2, -0.15) is 0 Å². The minimum Gasteiger partial charge on any atom is -0.258 e. The third-order valence-corrected chi connectivity index (χ3v) is 5.81. The van der Waals surface area contributed by atoms with Gasteiger partial charge in [-0.25, -0.2) is 8.42 Å². The maximum atomic E-state index is 11.0. The lowest BCUT2D eigenvalue weighted by Crippen LogP contribution is -1.98. The van der Waals surface area contributed by atoms with Crippen molar-refractivity contribution in [1.82, 2.24) is 0 Å². The quantitative estimate of drug-likeness (QED) is 0.287. The summed E-state index contributed by atoms with van der Waals surface area (Å²) in [7, 11) is 1.16. The summed E-state index contributed by atoms with van der Waals surface area (Å²) in [5.74, 6) is 0. The van der Waals surface area contributed by atoms with Gasteiger partial charge < -0.3 is 0 Å². The first kappa shape index (κ1) is 13.4. The second-order valence-corrected chi connectivity index (χ2v) is 7.24. The zero-order chi connectivity index (χ0) is 11.8. The predicted octanol–water partition coefficient (Wildman–Crippen LogP) is 2.73. The predicted molar refractivity (Wildman–Crippen MR) is 71.6 cm³/mol. The first-order chi connectivity index (χ1) is 6.73. The first-order valence-corrected chi connectivity index (χ1v) is 7.78. The molecule has 0 atom stereocenters. The van der Waals surface area contributed by atoms with Crippen molar-refractivity contribution in [2.45, 2.75) is 4.90 Å². The van der Waals surface area contributed by atoms with Crippen LogP contribution in [0.4, 0.5) is 5.69 Å². The summed E-state index contributed by atoms with van der Waals surface area (Å²) in [4.78, 5) is 9.71. The molecule has 0 aliphatic carbocycles. The van der Waals surface area contributed by atoms with Crippen LogP contribution in [0, 0.1) is 17.3 Å². The molecule has 0 unspecified atom stereocenters. The molecule has 1 aromatic carbocycles. The zero-order valence-corrected chi connectivity index (χ0v) is 12.7. The topological polar surface area (TPSA) is 77.3 Å². The van der Waals surface area contributed by atoms with Crippen LogP contribution in [0.2, 0.25) is 0 Å². The highest BCUT2D eigenvalue weighted by Crippen LogP contribution is 2.30. The van der Waals surface area contributed by atoms with Crippen LogP contribution >= 0.6 is 55.9 Å². The summed E-state index contributed by atoms with van der Waals surface area (Å²) in [6.45, 7) is 0. The van der Waals surface area contributed by atoms with Gasteiger partial charge in [0.1, 0.15) is 3.57 Å². The van der Waals surface area contributed by atoms with Crippen molar-refractivity contribution >= 4 is 70.6 Å². The van der Waals surface area contributed by atoms with Gasteiger partial charge >= 0.3 is 0 Å². The smallest absolute Gasteiger partial charge is 0.258 e. The molecule has 0 heterocycles. The van der Waals surface area contributed by atoms with Crippen LogP contribution < -0.4 is 0 Å². The van der Waals surface area contributed by atoms with Crippen molar-refractivity contribution < 1.29 is 13.3 Å². The van der Waals surface area contributed by atoms with Crippen molar-refractivity contribution in [3.05, 3.63) is 29.4 Å². The molecule has 0 aromatic heterocycles. The number of nitrogens with zero attached hydrogens (tertiary/aromatic N) is 1. The lowest BCUT2D eigenvalue weighted by molar-refractivity contribution is -0.386. The van der Waals surface area contributed by atoms with Crippen molar-refractivity contribution in [2.24, 2.45) is 0 Å². The zero-order valence-electron chi connectivity index (χ0n) is 6.78. The van der Waals surface area contributed by atoms with Gasteiger partial charge in [0, 0.05) is 20.3 Å². The summed E-state index contributed by atoms with van der Waals surface area (Å²) in [5.41, 5.74) is -0.262. The number of benzene rings is 1. The lowest BCUT2D eigenvalue weighted by atomic mass is 10.3. The van der Waals surface area contributed by atoms with E-state index >= 15 is 0 Å². The number of halogens is 3. The van der Waals surface area contributed by atoms with E-state index in [4.69, 9.17) is 10.7 Å². The Bertz CT molecular complexity index is 530. The Kier molecular flexibility index (Phi) is 4.17. The van der Waals surface area contributed by atoms with E-state index in [1.165, 1.54) is 6.07 Å². The van der Waals surface area contributed by atoms with Gasteiger partial charge in [0.2, 0.25) is 0 Å². The maximum absolute atomic E-state index is 11.0. The van der Waals surface area contributed by atoms with E-state index < -0.39 is 14.0 Å². The average molecular weight is 473 g/mol. The van der Waals surface area contributed by atoms with E-state index in [0.29, 0.717) is 7.14 Å². The van der Waals surface area contributed by atoms with Gasteiger partial charge in [-0.05, 0) is 51.2 Å². The van der Waals surface area contributed by atoms with Crippen LogP contribution in [0.15, 0.2) is 17.0 Å². The molecule has 0 amide bonds. The molecule has 0 aliphatic heterocycles. The fraction of sp³-hybridized carbons (Fsp3) is 0. The molecule has 0 bridgehead atoms. The Morgan fingerprint density at radius 3 is 2.27 bits per heavy atom. The highest BCUT2D eigenvalue weighted by molar-refractivity contribution is 14.1. The molecular formula is C6H2ClI2NO4S. The third-order valence-electron chi connectivity index (χ3n) is 1.46. The van der Waals surface area contributed by atoms with Gasteiger partial charge in [0.05, 0.1) is 9.82 Å². The summed E-state index contributed by atoms with van der Waals surface area (Å²) >= 11 is 3.59. The van der Waals surface area contributed by atoms with Crippen LogP contribution in [0.3, 0.4) is 0 Å². The van der Waals surface area contributed by atoms with E-state index in [1.807, 2.05) is 22.6 Å². The number of nitro benzene ring substituents is 1. The van der Waals surface area contributed by atoms with Gasteiger partial charge in [0.25, 0.3) is 14.7 Å². The Balaban J connectivity index is 3.57. The van der Waals surface area contributed by atoms with Crippen molar-refractivity contribution in [3.63, 3.8) is 0 Å². The Labute approximate surface area is 117 Å². The second-order valence-electron chi connectivity index (χ2n) is 2.43. The molecule has 82 valence electrons. The van der Waals surface area contributed by atoms with Crippen LogP contribution in [0.1, 0.15) is 0 Å². The summed E-state index contributed by atoms with van der Waals surface area (Å²) < 4.78 is 22.9. The van der Waals surface area contributed by atoms with Crippen LogP contribution in [0.5, 0.6) is 0 Å². The molecular weight excluding hydrogens is 471 g/mol. The number of rotatable bonds is 2.